The van der Waals surface area contributed by atoms with Crippen LogP contribution in [-0.2, 0) is 13.2 Å². The Morgan fingerprint density at radius 3 is 2.57 bits per heavy atom. The number of rotatable bonds is 3. The second kappa shape index (κ2) is 4.39. The molecule has 0 atom stereocenters. The number of aliphatic hydroxyl groups is 1. The van der Waals surface area contributed by atoms with Crippen LogP contribution in [0.15, 0.2) is 6.20 Å². The highest BCUT2D eigenvalue weighted by molar-refractivity contribution is 5.28. The number of aliphatic hydroxyl groups excluding tert-OH is 1. The molecule has 1 rings (SSSR count). The highest BCUT2D eigenvalue weighted by Crippen LogP contribution is 2.23. The maximum Gasteiger partial charge on any atom is 0.283 e. The summed E-state index contributed by atoms with van der Waals surface area (Å²) in [5.41, 5.74) is 4.26. The minimum atomic E-state index is -2.98. The van der Waals surface area contributed by atoms with Gasteiger partial charge in [0.05, 0.1) is 6.61 Å². The summed E-state index contributed by atoms with van der Waals surface area (Å²) in [6, 6.07) is 0. The molecule has 1 aromatic heterocycles. The van der Waals surface area contributed by atoms with Gasteiger partial charge in [-0.2, -0.15) is 0 Å². The van der Waals surface area contributed by atoms with E-state index in [4.69, 9.17) is 10.8 Å². The highest BCUT2D eigenvalue weighted by Gasteiger charge is 2.19. The van der Waals surface area contributed by atoms with E-state index in [1.807, 2.05) is 0 Å². The van der Waals surface area contributed by atoms with E-state index in [1.54, 1.807) is 0 Å². The van der Waals surface area contributed by atoms with Crippen molar-refractivity contribution in [3.05, 3.63) is 28.8 Å². The molecule has 6 heteroatoms. The third kappa shape index (κ3) is 1.85. The van der Waals surface area contributed by atoms with Crippen LogP contribution >= 0.6 is 0 Å². The number of halogens is 3. The Morgan fingerprint density at radius 2 is 2.14 bits per heavy atom. The van der Waals surface area contributed by atoms with Gasteiger partial charge in [-0.25, -0.2) is 13.2 Å². The van der Waals surface area contributed by atoms with Crippen LogP contribution in [0.3, 0.4) is 0 Å². The lowest BCUT2D eigenvalue weighted by Gasteiger charge is -2.09. The van der Waals surface area contributed by atoms with Gasteiger partial charge in [-0.3, -0.25) is 4.98 Å². The monoisotopic (exact) mass is 206 g/mol. The van der Waals surface area contributed by atoms with Crippen molar-refractivity contribution in [2.24, 2.45) is 5.73 Å². The van der Waals surface area contributed by atoms with Gasteiger partial charge >= 0.3 is 0 Å². The molecule has 3 nitrogen and oxygen atoms in total. The number of pyridine rings is 1. The molecule has 1 heterocycles. The van der Waals surface area contributed by atoms with Gasteiger partial charge in [-0.15, -0.1) is 0 Å². The van der Waals surface area contributed by atoms with Crippen molar-refractivity contribution < 1.29 is 18.3 Å². The smallest absolute Gasteiger partial charge is 0.283 e. The molecular weight excluding hydrogens is 197 g/mol. The molecule has 14 heavy (non-hydrogen) atoms. The first-order valence-corrected chi connectivity index (χ1v) is 3.87. The second-order valence-corrected chi connectivity index (χ2v) is 2.62. The molecule has 0 aliphatic carbocycles. The third-order valence-electron chi connectivity index (χ3n) is 1.82. The lowest BCUT2D eigenvalue weighted by Crippen LogP contribution is -2.09. The second-order valence-electron chi connectivity index (χ2n) is 2.62. The maximum absolute atomic E-state index is 13.2. The molecule has 0 aliphatic rings. The topological polar surface area (TPSA) is 59.1 Å². The Morgan fingerprint density at radius 1 is 1.50 bits per heavy atom. The van der Waals surface area contributed by atoms with E-state index in [0.717, 1.165) is 6.20 Å². The van der Waals surface area contributed by atoms with E-state index < -0.39 is 24.5 Å². The van der Waals surface area contributed by atoms with Crippen molar-refractivity contribution in [2.45, 2.75) is 19.6 Å². The van der Waals surface area contributed by atoms with E-state index >= 15 is 0 Å². The predicted molar refractivity (Wildman–Crippen MR) is 43.0 cm³/mol. The summed E-state index contributed by atoms with van der Waals surface area (Å²) in [5, 5.41) is 8.75. The fraction of sp³-hybridized carbons (Fsp3) is 0.375. The van der Waals surface area contributed by atoms with Crippen molar-refractivity contribution in [3.63, 3.8) is 0 Å². The maximum atomic E-state index is 13.2. The summed E-state index contributed by atoms with van der Waals surface area (Å²) >= 11 is 0. The number of hydrogen-bond acceptors (Lipinski definition) is 3. The zero-order valence-electron chi connectivity index (χ0n) is 7.17. The number of aromatic nitrogens is 1. The summed E-state index contributed by atoms with van der Waals surface area (Å²) in [7, 11) is 0. The lowest BCUT2D eigenvalue weighted by molar-refractivity contribution is 0.140. The molecule has 0 spiro atoms. The zero-order valence-corrected chi connectivity index (χ0v) is 7.17. The molecule has 0 aliphatic heterocycles. The summed E-state index contributed by atoms with van der Waals surface area (Å²) in [6.07, 6.45) is -1.97. The van der Waals surface area contributed by atoms with Crippen molar-refractivity contribution in [1.29, 1.82) is 0 Å². The number of hydrogen-bond donors (Lipinski definition) is 2. The first-order valence-electron chi connectivity index (χ1n) is 3.87. The first-order chi connectivity index (χ1) is 6.61. The van der Waals surface area contributed by atoms with E-state index in [2.05, 4.69) is 4.98 Å². The minimum absolute atomic E-state index is 0.113. The van der Waals surface area contributed by atoms with Gasteiger partial charge < -0.3 is 10.8 Å². The van der Waals surface area contributed by atoms with Crippen LogP contribution in [0.5, 0.6) is 0 Å². The Balaban J connectivity index is 3.27. The van der Waals surface area contributed by atoms with Crippen LogP contribution in [0.4, 0.5) is 13.2 Å². The minimum Gasteiger partial charge on any atom is -0.392 e. The Hall–Kier alpha value is -1.14. The van der Waals surface area contributed by atoms with Crippen LogP contribution in [0, 0.1) is 5.82 Å². The Labute approximate surface area is 78.4 Å². The van der Waals surface area contributed by atoms with Crippen molar-refractivity contribution in [1.82, 2.24) is 4.98 Å². The molecule has 0 fully saturated rings. The molecule has 3 N–H and O–H groups in total. The summed E-state index contributed by atoms with van der Waals surface area (Å²) in [4.78, 5) is 3.22. The van der Waals surface area contributed by atoms with Gasteiger partial charge in [0.25, 0.3) is 6.43 Å². The quantitative estimate of drug-likeness (QED) is 0.778. The summed E-state index contributed by atoms with van der Waals surface area (Å²) in [5.74, 6) is -1.13. The Kier molecular flexibility index (Phi) is 3.43. The average Bonchev–Trinajstić information content (AvgIpc) is 2.16. The van der Waals surface area contributed by atoms with E-state index in [-0.39, 0.29) is 17.7 Å². The van der Waals surface area contributed by atoms with Crippen molar-refractivity contribution >= 4 is 0 Å². The number of nitrogens with zero attached hydrogens (tertiary/aromatic N) is 1. The van der Waals surface area contributed by atoms with Gasteiger partial charge in [-0.05, 0) is 0 Å². The SMILES string of the molecule is NCc1c(CO)cnc(C(F)F)c1F. The highest BCUT2D eigenvalue weighted by atomic mass is 19.3. The van der Waals surface area contributed by atoms with Crippen LogP contribution in [0.25, 0.3) is 0 Å². The fourth-order valence-electron chi connectivity index (χ4n) is 1.09. The average molecular weight is 206 g/mol. The fourth-order valence-corrected chi connectivity index (χ4v) is 1.09. The summed E-state index contributed by atoms with van der Waals surface area (Å²) in [6.45, 7) is -0.718. The van der Waals surface area contributed by atoms with Gasteiger partial charge in [0.15, 0.2) is 5.82 Å². The molecule has 0 saturated carbocycles. The number of alkyl halides is 2. The van der Waals surface area contributed by atoms with Gasteiger partial charge in [-0.1, -0.05) is 0 Å². The van der Waals surface area contributed by atoms with E-state index in [1.165, 1.54) is 0 Å². The molecule has 1 aromatic rings. The molecule has 0 saturated heterocycles. The van der Waals surface area contributed by atoms with Crippen molar-refractivity contribution in [3.8, 4) is 0 Å². The van der Waals surface area contributed by atoms with Crippen LogP contribution < -0.4 is 5.73 Å². The van der Waals surface area contributed by atoms with Gasteiger partial charge in [0.2, 0.25) is 0 Å². The molecule has 0 radical (unpaired) electrons. The molecule has 0 amide bonds. The first kappa shape index (κ1) is 10.9. The molecule has 78 valence electrons. The zero-order chi connectivity index (χ0) is 10.7. The van der Waals surface area contributed by atoms with Crippen LogP contribution in [0.1, 0.15) is 23.2 Å². The van der Waals surface area contributed by atoms with Gasteiger partial charge in [0.1, 0.15) is 5.69 Å². The molecule has 0 aromatic carbocycles. The lowest BCUT2D eigenvalue weighted by atomic mass is 10.1. The third-order valence-corrected chi connectivity index (χ3v) is 1.82. The predicted octanol–water partition coefficient (Wildman–Crippen LogP) is 1.11. The molecule has 0 bridgehead atoms. The van der Waals surface area contributed by atoms with E-state index in [9.17, 15) is 13.2 Å². The van der Waals surface area contributed by atoms with Crippen molar-refractivity contribution in [2.75, 3.05) is 0 Å². The Bertz CT molecular complexity index is 331. The largest absolute Gasteiger partial charge is 0.392 e. The van der Waals surface area contributed by atoms with Crippen LogP contribution in [-0.4, -0.2) is 10.1 Å². The molecule has 0 unspecified atom stereocenters. The normalized spacial score (nSPS) is 11.0. The summed E-state index contributed by atoms with van der Waals surface area (Å²) < 4.78 is 37.6. The van der Waals surface area contributed by atoms with Gasteiger partial charge in [0, 0.05) is 23.9 Å². The van der Waals surface area contributed by atoms with E-state index in [0.29, 0.717) is 0 Å². The number of nitrogens with two attached hydrogens (primary N) is 1. The van der Waals surface area contributed by atoms with Crippen LogP contribution in [0.2, 0.25) is 0 Å². The standard InChI is InChI=1S/C8H9F3N2O/c9-6-5(1-12)4(3-14)2-13-7(6)8(10)11/h2,8,14H,1,3,12H2. The molecular formula is C8H9F3N2O.